The van der Waals surface area contributed by atoms with Crippen LogP contribution in [0.3, 0.4) is 0 Å². The van der Waals surface area contributed by atoms with E-state index in [1.54, 1.807) is 31.4 Å². The molecule has 2 fully saturated rings. The number of pyridine rings is 1. The van der Waals surface area contributed by atoms with Gasteiger partial charge in [0.2, 0.25) is 5.88 Å². The minimum Gasteiger partial charge on any atom is -0.507 e. The fourth-order valence-electron chi connectivity index (χ4n) is 5.59. The fraction of sp³-hybridized carbons (Fsp3) is 0.423. The summed E-state index contributed by atoms with van der Waals surface area (Å²) in [4.78, 5) is 11.9. The third kappa shape index (κ3) is 4.30. The molecule has 2 aliphatic heterocycles. The number of aromatic nitrogens is 3. The second-order valence-corrected chi connectivity index (χ2v) is 10.2. The van der Waals surface area contributed by atoms with Crippen LogP contribution in [0.15, 0.2) is 47.4 Å². The first kappa shape index (κ1) is 22.5. The van der Waals surface area contributed by atoms with Crippen molar-refractivity contribution in [2.45, 2.75) is 63.1 Å². The second-order valence-electron chi connectivity index (χ2n) is 10.2. The molecule has 34 heavy (non-hydrogen) atoms. The maximum absolute atomic E-state index is 14.9. The van der Waals surface area contributed by atoms with Crippen molar-refractivity contribution in [2.75, 3.05) is 0 Å². The Morgan fingerprint density at radius 2 is 1.82 bits per heavy atom. The van der Waals surface area contributed by atoms with Crippen molar-refractivity contribution in [1.82, 2.24) is 20.1 Å². The zero-order valence-corrected chi connectivity index (χ0v) is 19.6. The molecule has 0 spiro atoms. The molecule has 0 radical (unpaired) electrons. The number of aromatic hydroxyl groups is 1. The first-order chi connectivity index (χ1) is 16.1. The van der Waals surface area contributed by atoms with E-state index in [0.717, 1.165) is 25.7 Å². The highest BCUT2D eigenvalue weighted by atomic mass is 19.1. The Bertz CT molecular complexity index is 1270. The summed E-state index contributed by atoms with van der Waals surface area (Å²) in [6, 6.07) is 8.85. The zero-order chi connectivity index (χ0) is 24.1. The van der Waals surface area contributed by atoms with Crippen molar-refractivity contribution in [3.63, 3.8) is 0 Å². The van der Waals surface area contributed by atoms with Crippen molar-refractivity contribution in [1.29, 1.82) is 0 Å². The third-order valence-electron chi connectivity index (χ3n) is 7.12. The van der Waals surface area contributed by atoms with Crippen LogP contribution in [0.2, 0.25) is 0 Å². The minimum absolute atomic E-state index is 0.0420. The standard InChI is InChI=1S/C26H29FN4O3/c1-25-8-4-9-26(2,30-25)15-17(14-25)34-23-6-5-21(28-29-23)19-12-20(27)18(13-22(19)32)16-7-10-31(3)24(33)11-16/h5-7,10-13,17,30,32H,4,8-9,14-15H2,1-3H3/t17-,25+,26-. The molecule has 2 aliphatic rings. The number of ether oxygens (including phenoxy) is 1. The predicted octanol–water partition coefficient (Wildman–Crippen LogP) is 4.19. The van der Waals surface area contributed by atoms with Gasteiger partial charge in [-0.2, -0.15) is 0 Å². The number of hydrogen-bond acceptors (Lipinski definition) is 6. The average molecular weight is 465 g/mol. The number of fused-ring (bicyclic) bond motifs is 2. The molecule has 7 nitrogen and oxygen atoms in total. The first-order valence-electron chi connectivity index (χ1n) is 11.6. The molecule has 2 aromatic heterocycles. The number of halogens is 1. The van der Waals surface area contributed by atoms with Gasteiger partial charge < -0.3 is 19.7 Å². The van der Waals surface area contributed by atoms with Crippen LogP contribution in [0.25, 0.3) is 22.4 Å². The SMILES string of the molecule is Cn1ccc(-c2cc(O)c(-c3ccc(O[C@@H]4C[C@]5(C)CCC[C@](C)(C4)N5)nn3)cc2F)cc1=O. The van der Waals surface area contributed by atoms with Crippen LogP contribution in [0.5, 0.6) is 11.6 Å². The largest absolute Gasteiger partial charge is 0.507 e. The molecule has 0 aliphatic carbocycles. The van der Waals surface area contributed by atoms with Gasteiger partial charge in [0.05, 0.1) is 5.69 Å². The molecule has 178 valence electrons. The zero-order valence-electron chi connectivity index (χ0n) is 19.6. The van der Waals surface area contributed by atoms with Gasteiger partial charge >= 0.3 is 0 Å². The normalized spacial score (nSPS) is 26.3. The Morgan fingerprint density at radius 3 is 2.47 bits per heavy atom. The third-order valence-corrected chi connectivity index (χ3v) is 7.12. The topological polar surface area (TPSA) is 89.3 Å². The number of rotatable bonds is 4. The number of phenols is 1. The Balaban J connectivity index is 1.36. The van der Waals surface area contributed by atoms with Gasteiger partial charge in [-0.3, -0.25) is 4.79 Å². The van der Waals surface area contributed by atoms with Gasteiger partial charge in [0.15, 0.2) is 0 Å². The lowest BCUT2D eigenvalue weighted by atomic mass is 9.70. The van der Waals surface area contributed by atoms with E-state index in [9.17, 15) is 14.3 Å². The highest BCUT2D eigenvalue weighted by Gasteiger charge is 2.46. The van der Waals surface area contributed by atoms with Gasteiger partial charge in [0.25, 0.3) is 5.56 Å². The van der Waals surface area contributed by atoms with E-state index < -0.39 is 5.82 Å². The number of nitrogens with zero attached hydrogens (tertiary/aromatic N) is 3. The first-order valence-corrected chi connectivity index (χ1v) is 11.6. The summed E-state index contributed by atoms with van der Waals surface area (Å²) in [5.41, 5.74) is 0.967. The van der Waals surface area contributed by atoms with Crippen LogP contribution < -0.4 is 15.6 Å². The van der Waals surface area contributed by atoms with Gasteiger partial charge in [-0.1, -0.05) is 0 Å². The summed E-state index contributed by atoms with van der Waals surface area (Å²) in [6.45, 7) is 4.51. The molecular weight excluding hydrogens is 435 g/mol. The summed E-state index contributed by atoms with van der Waals surface area (Å²) in [5, 5.41) is 22.7. The molecule has 2 bridgehead atoms. The van der Waals surface area contributed by atoms with Gasteiger partial charge in [-0.25, -0.2) is 4.39 Å². The monoisotopic (exact) mass is 464 g/mol. The Labute approximate surface area is 197 Å². The lowest BCUT2D eigenvalue weighted by molar-refractivity contribution is 0.00726. The number of aryl methyl sites for hydroxylation is 1. The van der Waals surface area contributed by atoms with Gasteiger partial charge in [-0.05, 0) is 62.9 Å². The summed E-state index contributed by atoms with van der Waals surface area (Å²) in [5.74, 6) is -0.296. The highest BCUT2D eigenvalue weighted by molar-refractivity contribution is 5.74. The molecule has 2 N–H and O–H groups in total. The number of nitrogens with one attached hydrogen (secondary N) is 1. The van der Waals surface area contributed by atoms with E-state index in [0.29, 0.717) is 17.1 Å². The van der Waals surface area contributed by atoms with Crippen LogP contribution >= 0.6 is 0 Å². The molecule has 2 saturated heterocycles. The summed E-state index contributed by atoms with van der Waals surface area (Å²) >= 11 is 0. The molecule has 5 rings (SSSR count). The molecule has 3 aromatic rings. The van der Waals surface area contributed by atoms with Gasteiger partial charge in [0.1, 0.15) is 17.7 Å². The molecule has 3 atom stereocenters. The number of piperidine rings is 2. The quantitative estimate of drug-likeness (QED) is 0.602. The molecule has 0 unspecified atom stereocenters. The van der Waals surface area contributed by atoms with Crippen molar-refractivity contribution >= 4 is 0 Å². The van der Waals surface area contributed by atoms with E-state index in [2.05, 4.69) is 29.4 Å². The van der Waals surface area contributed by atoms with E-state index in [1.807, 2.05) is 0 Å². The van der Waals surface area contributed by atoms with Crippen molar-refractivity contribution in [3.05, 3.63) is 58.8 Å². The van der Waals surface area contributed by atoms with Crippen molar-refractivity contribution < 1.29 is 14.2 Å². The molecule has 4 heterocycles. The lowest BCUT2D eigenvalue weighted by Gasteiger charge is -2.53. The van der Waals surface area contributed by atoms with Crippen LogP contribution in [0.1, 0.15) is 46.0 Å². The minimum atomic E-state index is -0.564. The molecule has 1 aromatic carbocycles. The molecular formula is C26H29FN4O3. The maximum Gasteiger partial charge on any atom is 0.250 e. The second kappa shape index (κ2) is 8.20. The van der Waals surface area contributed by atoms with Crippen LogP contribution in [0.4, 0.5) is 4.39 Å². The Morgan fingerprint density at radius 1 is 1.09 bits per heavy atom. The highest BCUT2D eigenvalue weighted by Crippen LogP contribution is 2.41. The Hall–Kier alpha value is -3.26. The van der Waals surface area contributed by atoms with Crippen LogP contribution in [0, 0.1) is 5.82 Å². The number of hydrogen-bond donors (Lipinski definition) is 2. The van der Waals surface area contributed by atoms with E-state index in [-0.39, 0.29) is 39.6 Å². The smallest absolute Gasteiger partial charge is 0.250 e. The maximum atomic E-state index is 14.9. The Kier molecular flexibility index (Phi) is 5.43. The summed E-state index contributed by atoms with van der Waals surface area (Å²) in [7, 11) is 1.62. The molecule has 8 heteroatoms. The van der Waals surface area contributed by atoms with E-state index in [4.69, 9.17) is 4.74 Å². The average Bonchev–Trinajstić information content (AvgIpc) is 2.76. The van der Waals surface area contributed by atoms with Crippen LogP contribution in [-0.2, 0) is 7.05 Å². The lowest BCUT2D eigenvalue weighted by Crippen LogP contribution is -2.65. The number of benzene rings is 1. The predicted molar refractivity (Wildman–Crippen MR) is 127 cm³/mol. The fourth-order valence-corrected chi connectivity index (χ4v) is 5.59. The number of phenolic OH excluding ortho intramolecular Hbond substituents is 1. The van der Waals surface area contributed by atoms with Crippen molar-refractivity contribution in [3.8, 4) is 34.0 Å². The van der Waals surface area contributed by atoms with Gasteiger partial charge in [-0.15, -0.1) is 10.2 Å². The van der Waals surface area contributed by atoms with E-state index >= 15 is 0 Å². The summed E-state index contributed by atoms with van der Waals surface area (Å²) < 4.78 is 22.5. The van der Waals surface area contributed by atoms with Gasteiger partial charge in [0, 0.05) is 60.4 Å². The summed E-state index contributed by atoms with van der Waals surface area (Å²) in [6.07, 6.45) is 6.89. The van der Waals surface area contributed by atoms with Crippen molar-refractivity contribution in [2.24, 2.45) is 7.05 Å². The van der Waals surface area contributed by atoms with E-state index in [1.165, 1.54) is 29.2 Å². The molecule has 0 amide bonds. The van der Waals surface area contributed by atoms with Crippen LogP contribution in [-0.4, -0.2) is 37.1 Å². The molecule has 0 saturated carbocycles.